The Labute approximate surface area is 208 Å². The fourth-order valence-electron chi connectivity index (χ4n) is 2.84. The first-order chi connectivity index (χ1) is 16.7. The maximum absolute atomic E-state index is 12.4. The molecule has 0 saturated heterocycles. The molecule has 0 saturated carbocycles. The van der Waals surface area contributed by atoms with Crippen LogP contribution in [0.25, 0.3) is 10.8 Å². The number of likely N-dealkylation sites (N-methyl/N-ethyl adjacent to an activating group) is 1. The van der Waals surface area contributed by atoms with Crippen LogP contribution in [0.4, 0.5) is 0 Å². The van der Waals surface area contributed by atoms with Gasteiger partial charge in [-0.15, -0.1) is 0 Å². The first kappa shape index (κ1) is 32.0. The third-order valence-electron chi connectivity index (χ3n) is 4.32. The Morgan fingerprint density at radius 2 is 1.60 bits per heavy atom. The minimum atomic E-state index is -0.697. The van der Waals surface area contributed by atoms with Gasteiger partial charge >= 0.3 is 0 Å². The average Bonchev–Trinajstić information content (AvgIpc) is 2.82. The number of hydroxylamine groups is 1. The summed E-state index contributed by atoms with van der Waals surface area (Å²) in [6.45, 7) is 9.17. The molecule has 0 aliphatic rings. The Morgan fingerprint density at radius 3 is 2.11 bits per heavy atom. The summed E-state index contributed by atoms with van der Waals surface area (Å²) in [6.07, 6.45) is 0.143. The van der Waals surface area contributed by atoms with Crippen LogP contribution >= 0.6 is 0 Å². The summed E-state index contributed by atoms with van der Waals surface area (Å²) in [7, 11) is 1.55. The number of ether oxygens (including phenoxy) is 1. The summed E-state index contributed by atoms with van der Waals surface area (Å²) in [5, 5.41) is 24.0. The van der Waals surface area contributed by atoms with Crippen LogP contribution < -0.4 is 16.1 Å². The van der Waals surface area contributed by atoms with Crippen LogP contribution in [-0.2, 0) is 25.5 Å². The molecule has 2 aromatic carbocycles. The zero-order chi connectivity index (χ0) is 26.6. The maximum Gasteiger partial charge on any atom is 0.244 e. The van der Waals surface area contributed by atoms with E-state index in [1.54, 1.807) is 19.5 Å². The van der Waals surface area contributed by atoms with Gasteiger partial charge in [0.25, 0.3) is 0 Å². The maximum atomic E-state index is 12.4. The number of aliphatic hydroxyl groups is 1. The Morgan fingerprint density at radius 1 is 0.971 bits per heavy atom. The fourth-order valence-corrected chi connectivity index (χ4v) is 2.84. The summed E-state index contributed by atoms with van der Waals surface area (Å²) >= 11 is 0. The normalized spacial score (nSPS) is 10.9. The quantitative estimate of drug-likeness (QED) is 0.256. The number of fused-ring (bicyclic) bond motifs is 1. The molecule has 35 heavy (non-hydrogen) atoms. The second-order valence-electron chi connectivity index (χ2n) is 8.44. The van der Waals surface area contributed by atoms with Crippen LogP contribution in [0.3, 0.4) is 0 Å². The van der Waals surface area contributed by atoms with Gasteiger partial charge in [0.15, 0.2) is 0 Å². The van der Waals surface area contributed by atoms with E-state index in [1.165, 1.54) is 0 Å². The topological polar surface area (TPSA) is 137 Å². The second kappa shape index (κ2) is 19.3. The van der Waals surface area contributed by atoms with E-state index in [9.17, 15) is 14.4 Å². The van der Waals surface area contributed by atoms with Crippen LogP contribution in [0.15, 0.2) is 42.5 Å². The second-order valence-corrected chi connectivity index (χ2v) is 8.44. The summed E-state index contributed by atoms with van der Waals surface area (Å²) in [5.41, 5.74) is 2.45. The van der Waals surface area contributed by atoms with Gasteiger partial charge < -0.3 is 20.5 Å². The fraction of sp³-hybridized carbons (Fsp3) is 0.500. The van der Waals surface area contributed by atoms with Crippen molar-refractivity contribution < 1.29 is 29.4 Å². The molecule has 0 aliphatic heterocycles. The standard InChI is InChI=1S/C19H23N3O4.C4H10.C3H8O2/c1-2-20-18(24)12-21-19(25)16(11-17(23)22-26)10-13-7-8-14-5-3-4-6-15(14)9-13;1-4(2)3;1-5-3-2-4/h3-9,16,26H,2,10-12H2,1H3,(H,20,24)(H,21,25)(H,22,23);4H,1-3H3;4H,2-3H2,1H3. The number of hydrogen-bond donors (Lipinski definition) is 5. The minimum Gasteiger partial charge on any atom is -0.394 e. The largest absolute Gasteiger partial charge is 0.394 e. The van der Waals surface area contributed by atoms with Crippen molar-refractivity contribution in [1.29, 1.82) is 0 Å². The Kier molecular flexibility index (Phi) is 17.7. The molecule has 3 amide bonds. The number of hydrogen-bond acceptors (Lipinski definition) is 6. The van der Waals surface area contributed by atoms with Crippen molar-refractivity contribution >= 4 is 28.5 Å². The Balaban J connectivity index is 0.00000110. The molecule has 1 unspecified atom stereocenters. The van der Waals surface area contributed by atoms with E-state index >= 15 is 0 Å². The molecule has 0 bridgehead atoms. The number of rotatable bonds is 10. The van der Waals surface area contributed by atoms with Crippen LogP contribution in [-0.4, -0.2) is 61.4 Å². The Bertz CT molecular complexity index is 884. The highest BCUT2D eigenvalue weighted by atomic mass is 16.5. The number of amides is 3. The van der Waals surface area contributed by atoms with Gasteiger partial charge in [-0.2, -0.15) is 0 Å². The van der Waals surface area contributed by atoms with Crippen molar-refractivity contribution in [3.8, 4) is 0 Å². The third kappa shape index (κ3) is 15.5. The first-order valence-electron chi connectivity index (χ1n) is 11.7. The molecule has 0 aliphatic carbocycles. The van der Waals surface area contributed by atoms with Crippen molar-refractivity contribution in [2.24, 2.45) is 11.8 Å². The van der Waals surface area contributed by atoms with Crippen molar-refractivity contribution in [2.45, 2.75) is 40.5 Å². The monoisotopic (exact) mass is 491 g/mol. The van der Waals surface area contributed by atoms with E-state index in [0.717, 1.165) is 22.3 Å². The van der Waals surface area contributed by atoms with Crippen LogP contribution in [0.2, 0.25) is 0 Å². The molecule has 0 radical (unpaired) electrons. The van der Waals surface area contributed by atoms with Crippen molar-refractivity contribution in [1.82, 2.24) is 16.1 Å². The predicted molar refractivity (Wildman–Crippen MR) is 137 cm³/mol. The molecule has 0 aromatic heterocycles. The number of carbonyl (C=O) groups is 3. The van der Waals surface area contributed by atoms with Crippen molar-refractivity contribution in [2.75, 3.05) is 33.4 Å². The van der Waals surface area contributed by atoms with Crippen LogP contribution in [0.5, 0.6) is 0 Å². The average molecular weight is 492 g/mol. The van der Waals surface area contributed by atoms with Gasteiger partial charge in [0.05, 0.1) is 25.7 Å². The molecule has 2 rings (SSSR count). The summed E-state index contributed by atoms with van der Waals surface area (Å²) in [5.74, 6) is -1.22. The summed E-state index contributed by atoms with van der Waals surface area (Å²) < 4.78 is 4.44. The van der Waals surface area contributed by atoms with Gasteiger partial charge in [-0.1, -0.05) is 63.2 Å². The molecular formula is C26H41N3O6. The smallest absolute Gasteiger partial charge is 0.244 e. The minimum absolute atomic E-state index is 0.122. The molecule has 0 fully saturated rings. The molecule has 1 atom stereocenters. The van der Waals surface area contributed by atoms with E-state index in [2.05, 4.69) is 36.1 Å². The molecule has 9 heteroatoms. The van der Waals surface area contributed by atoms with E-state index in [-0.39, 0.29) is 25.5 Å². The lowest BCUT2D eigenvalue weighted by molar-refractivity contribution is -0.135. The van der Waals surface area contributed by atoms with E-state index < -0.39 is 17.7 Å². The van der Waals surface area contributed by atoms with Gasteiger partial charge in [0.1, 0.15) is 0 Å². The highest BCUT2D eigenvalue weighted by Crippen LogP contribution is 2.19. The lowest BCUT2D eigenvalue weighted by atomic mass is 9.93. The molecule has 196 valence electrons. The van der Waals surface area contributed by atoms with E-state index in [4.69, 9.17) is 10.3 Å². The number of methoxy groups -OCH3 is 1. The molecular weight excluding hydrogens is 450 g/mol. The summed E-state index contributed by atoms with van der Waals surface area (Å²) in [6, 6.07) is 13.7. The van der Waals surface area contributed by atoms with Gasteiger partial charge in [-0.05, 0) is 35.6 Å². The van der Waals surface area contributed by atoms with Crippen molar-refractivity contribution in [3.63, 3.8) is 0 Å². The number of nitrogens with one attached hydrogen (secondary N) is 3. The lowest BCUT2D eigenvalue weighted by Gasteiger charge is -2.16. The number of carbonyl (C=O) groups excluding carboxylic acids is 3. The molecule has 0 heterocycles. The number of aliphatic hydroxyl groups excluding tert-OH is 1. The highest BCUT2D eigenvalue weighted by Gasteiger charge is 2.23. The zero-order valence-corrected chi connectivity index (χ0v) is 21.5. The molecule has 9 nitrogen and oxygen atoms in total. The van der Waals surface area contributed by atoms with E-state index in [0.29, 0.717) is 19.6 Å². The third-order valence-corrected chi connectivity index (χ3v) is 4.32. The van der Waals surface area contributed by atoms with Gasteiger partial charge in [-0.25, -0.2) is 5.48 Å². The van der Waals surface area contributed by atoms with Gasteiger partial charge in [0.2, 0.25) is 17.7 Å². The lowest BCUT2D eigenvalue weighted by Crippen LogP contribution is -2.41. The summed E-state index contributed by atoms with van der Waals surface area (Å²) in [4.78, 5) is 35.5. The molecule has 5 N–H and O–H groups in total. The van der Waals surface area contributed by atoms with Crippen molar-refractivity contribution in [3.05, 3.63) is 48.0 Å². The highest BCUT2D eigenvalue weighted by molar-refractivity contribution is 5.89. The van der Waals surface area contributed by atoms with Gasteiger partial charge in [-0.3, -0.25) is 19.6 Å². The van der Waals surface area contributed by atoms with Crippen LogP contribution in [0, 0.1) is 11.8 Å². The van der Waals surface area contributed by atoms with E-state index in [1.807, 2.05) is 42.5 Å². The molecule has 0 spiro atoms. The van der Waals surface area contributed by atoms with Gasteiger partial charge in [0, 0.05) is 20.1 Å². The molecule has 2 aromatic rings. The Hall–Kier alpha value is -3.01. The number of benzene rings is 2. The van der Waals surface area contributed by atoms with Crippen LogP contribution in [0.1, 0.15) is 39.7 Å². The predicted octanol–water partition coefficient (Wildman–Crippen LogP) is 2.43. The zero-order valence-electron chi connectivity index (χ0n) is 21.5. The first-order valence-corrected chi connectivity index (χ1v) is 11.7. The SMILES string of the molecule is CC(C)C.CCNC(=O)CNC(=O)C(CC(=O)NO)Cc1ccc2ccccc2c1.COCCO.